The highest BCUT2D eigenvalue weighted by atomic mass is 35.5. The Bertz CT molecular complexity index is 537. The summed E-state index contributed by atoms with van der Waals surface area (Å²) in [6.45, 7) is 1.56. The molecule has 1 atom stereocenters. The van der Waals surface area contributed by atoms with E-state index in [9.17, 15) is 8.42 Å². The fraction of sp³-hybridized carbons (Fsp3) is 0.538. The van der Waals surface area contributed by atoms with Crippen LogP contribution in [0, 0.1) is 0 Å². The molecule has 1 aliphatic heterocycles. The van der Waals surface area contributed by atoms with Crippen molar-refractivity contribution < 1.29 is 17.9 Å². The number of nitrogens with one attached hydrogen (secondary N) is 2. The molecule has 1 heterocycles. The molecule has 1 aromatic carbocycles. The zero-order chi connectivity index (χ0) is 14.6. The summed E-state index contributed by atoms with van der Waals surface area (Å²) in [5.74, 6) is 0.557. The molecule has 1 saturated heterocycles. The van der Waals surface area contributed by atoms with Gasteiger partial charge in [0.1, 0.15) is 11.5 Å². The third kappa shape index (κ3) is 4.23. The number of hydrogen-bond donors (Lipinski definition) is 2. The molecule has 120 valence electrons. The number of piperidine rings is 1. The van der Waals surface area contributed by atoms with Crippen LogP contribution < -0.4 is 19.5 Å². The van der Waals surface area contributed by atoms with E-state index in [2.05, 4.69) is 10.0 Å². The Labute approximate surface area is 131 Å². The molecule has 0 saturated carbocycles. The Morgan fingerprint density at radius 2 is 1.86 bits per heavy atom. The fourth-order valence-electron chi connectivity index (χ4n) is 2.31. The van der Waals surface area contributed by atoms with Crippen molar-refractivity contribution in [3.05, 3.63) is 18.2 Å². The van der Waals surface area contributed by atoms with Gasteiger partial charge in [-0.25, -0.2) is 13.1 Å². The molecule has 0 aromatic heterocycles. The van der Waals surface area contributed by atoms with Gasteiger partial charge >= 0.3 is 0 Å². The van der Waals surface area contributed by atoms with Gasteiger partial charge in [-0.2, -0.15) is 0 Å². The van der Waals surface area contributed by atoms with E-state index in [1.807, 2.05) is 0 Å². The molecule has 0 aliphatic carbocycles. The summed E-state index contributed by atoms with van der Waals surface area (Å²) < 4.78 is 38.1. The normalized spacial score (nSPS) is 18.7. The second-order valence-electron chi connectivity index (χ2n) is 4.66. The average Bonchev–Trinajstić information content (AvgIpc) is 2.46. The maximum Gasteiger partial charge on any atom is 0.248 e. The molecule has 1 fully saturated rings. The van der Waals surface area contributed by atoms with Gasteiger partial charge in [-0.3, -0.25) is 0 Å². The van der Waals surface area contributed by atoms with Gasteiger partial charge in [-0.15, -0.1) is 12.4 Å². The van der Waals surface area contributed by atoms with Crippen molar-refractivity contribution in [1.82, 2.24) is 10.0 Å². The van der Waals surface area contributed by atoms with Crippen LogP contribution >= 0.6 is 12.4 Å². The van der Waals surface area contributed by atoms with E-state index >= 15 is 0 Å². The lowest BCUT2D eigenvalue weighted by Crippen LogP contribution is -2.45. The maximum absolute atomic E-state index is 12.6. The lowest BCUT2D eigenvalue weighted by molar-refractivity contribution is 0.371. The van der Waals surface area contributed by atoms with Crippen LogP contribution in [0.1, 0.15) is 12.8 Å². The summed E-state index contributed by atoms with van der Waals surface area (Å²) in [7, 11) is -0.805. The molecule has 21 heavy (non-hydrogen) atoms. The first-order valence-corrected chi connectivity index (χ1v) is 8.01. The van der Waals surface area contributed by atoms with Gasteiger partial charge < -0.3 is 14.8 Å². The van der Waals surface area contributed by atoms with Gasteiger partial charge in [0.25, 0.3) is 0 Å². The van der Waals surface area contributed by atoms with Crippen LogP contribution in [0.15, 0.2) is 23.1 Å². The first-order chi connectivity index (χ1) is 9.58. The van der Waals surface area contributed by atoms with Gasteiger partial charge in [0.05, 0.1) is 14.2 Å². The lowest BCUT2D eigenvalue weighted by Gasteiger charge is -2.24. The van der Waals surface area contributed by atoms with Crippen LogP contribution in [0.2, 0.25) is 0 Å². The number of hydrogen-bond acceptors (Lipinski definition) is 5. The molecule has 6 nitrogen and oxygen atoms in total. The van der Waals surface area contributed by atoms with Crippen LogP contribution in [-0.2, 0) is 10.0 Å². The molecule has 0 amide bonds. The van der Waals surface area contributed by atoms with E-state index in [0.717, 1.165) is 19.4 Å². The number of ether oxygens (including phenoxy) is 2. The van der Waals surface area contributed by atoms with E-state index in [4.69, 9.17) is 9.47 Å². The van der Waals surface area contributed by atoms with Gasteiger partial charge in [0.15, 0.2) is 4.90 Å². The van der Waals surface area contributed by atoms with E-state index < -0.39 is 10.0 Å². The molecule has 0 bridgehead atoms. The lowest BCUT2D eigenvalue weighted by atomic mass is 10.1. The second-order valence-corrected chi connectivity index (χ2v) is 6.31. The van der Waals surface area contributed by atoms with Crippen LogP contribution in [0.3, 0.4) is 0 Å². The van der Waals surface area contributed by atoms with Crippen molar-refractivity contribution in [3.63, 3.8) is 0 Å². The molecule has 8 heteroatoms. The standard InChI is InChI=1S/C13H20N2O4S.ClH/c1-18-11-6-3-7-12(19-2)13(11)20(16,17)15-10-5-4-8-14-9-10;/h3,6-7,10,14-15H,4-5,8-9H2,1-2H3;1H. The fourth-order valence-corrected chi connectivity index (χ4v) is 3.90. The monoisotopic (exact) mass is 336 g/mol. The summed E-state index contributed by atoms with van der Waals surface area (Å²) in [6.07, 6.45) is 1.78. The summed E-state index contributed by atoms with van der Waals surface area (Å²) in [4.78, 5) is 0.0515. The van der Waals surface area contributed by atoms with Crippen LogP contribution in [0.5, 0.6) is 11.5 Å². The van der Waals surface area contributed by atoms with Crippen molar-refractivity contribution in [1.29, 1.82) is 0 Å². The summed E-state index contributed by atoms with van der Waals surface area (Å²) in [5, 5.41) is 3.18. The highest BCUT2D eigenvalue weighted by Crippen LogP contribution is 2.32. The van der Waals surface area contributed by atoms with Crippen LogP contribution in [0.4, 0.5) is 0 Å². The number of sulfonamides is 1. The van der Waals surface area contributed by atoms with Gasteiger partial charge in [-0.05, 0) is 31.5 Å². The predicted molar refractivity (Wildman–Crippen MR) is 83.0 cm³/mol. The highest BCUT2D eigenvalue weighted by molar-refractivity contribution is 7.89. The number of halogens is 1. The third-order valence-electron chi connectivity index (χ3n) is 3.27. The smallest absolute Gasteiger partial charge is 0.248 e. The van der Waals surface area contributed by atoms with E-state index in [1.54, 1.807) is 18.2 Å². The molecule has 0 spiro atoms. The topological polar surface area (TPSA) is 76.7 Å². The Kier molecular flexibility index (Phi) is 6.73. The van der Waals surface area contributed by atoms with Crippen molar-refractivity contribution in [2.45, 2.75) is 23.8 Å². The minimum atomic E-state index is -3.69. The van der Waals surface area contributed by atoms with Gasteiger partial charge in [-0.1, -0.05) is 6.07 Å². The van der Waals surface area contributed by atoms with Crippen molar-refractivity contribution in [3.8, 4) is 11.5 Å². The van der Waals surface area contributed by atoms with Crippen LogP contribution in [0.25, 0.3) is 0 Å². The summed E-state index contributed by atoms with van der Waals surface area (Å²) >= 11 is 0. The number of rotatable bonds is 5. The highest BCUT2D eigenvalue weighted by Gasteiger charge is 2.28. The maximum atomic E-state index is 12.6. The Morgan fingerprint density at radius 3 is 2.33 bits per heavy atom. The Morgan fingerprint density at radius 1 is 1.24 bits per heavy atom. The van der Waals surface area contributed by atoms with Crippen molar-refractivity contribution in [2.24, 2.45) is 0 Å². The first-order valence-electron chi connectivity index (χ1n) is 6.52. The van der Waals surface area contributed by atoms with Crippen molar-refractivity contribution >= 4 is 22.4 Å². The summed E-state index contributed by atoms with van der Waals surface area (Å²) in [5.41, 5.74) is 0. The Balaban J connectivity index is 0.00000220. The van der Waals surface area contributed by atoms with Gasteiger partial charge in [0, 0.05) is 12.6 Å². The summed E-state index contributed by atoms with van der Waals surface area (Å²) in [6, 6.07) is 4.80. The quantitative estimate of drug-likeness (QED) is 0.843. The second kappa shape index (κ2) is 7.84. The molecule has 2 rings (SSSR count). The predicted octanol–water partition coefficient (Wildman–Crippen LogP) is 1.16. The zero-order valence-electron chi connectivity index (χ0n) is 12.1. The zero-order valence-corrected chi connectivity index (χ0v) is 13.7. The molecule has 0 radical (unpaired) electrons. The van der Waals surface area contributed by atoms with E-state index in [0.29, 0.717) is 6.54 Å². The number of methoxy groups -OCH3 is 2. The SMILES string of the molecule is COc1cccc(OC)c1S(=O)(=O)NC1CCCNC1.Cl. The Hall–Kier alpha value is -1.02. The molecular formula is C13H21ClN2O4S. The molecule has 2 N–H and O–H groups in total. The average molecular weight is 337 g/mol. The molecule has 1 unspecified atom stereocenters. The van der Waals surface area contributed by atoms with E-state index in [1.165, 1.54) is 14.2 Å². The largest absolute Gasteiger partial charge is 0.495 e. The molecule has 1 aliphatic rings. The first kappa shape index (κ1) is 18.0. The molecular weight excluding hydrogens is 316 g/mol. The molecule has 1 aromatic rings. The minimum Gasteiger partial charge on any atom is -0.495 e. The minimum absolute atomic E-state index is 0. The number of benzene rings is 1. The van der Waals surface area contributed by atoms with E-state index in [-0.39, 0.29) is 34.8 Å². The van der Waals surface area contributed by atoms with Crippen LogP contribution in [-0.4, -0.2) is 41.8 Å². The third-order valence-corrected chi connectivity index (χ3v) is 4.85. The van der Waals surface area contributed by atoms with Gasteiger partial charge in [0.2, 0.25) is 10.0 Å². The van der Waals surface area contributed by atoms with Crippen molar-refractivity contribution in [2.75, 3.05) is 27.3 Å².